The molecule has 12 heteroatoms. The van der Waals surface area contributed by atoms with E-state index in [4.69, 9.17) is 16.4 Å². The molecule has 0 saturated heterocycles. The molecule has 0 aliphatic carbocycles. The number of aromatic carboxylic acids is 1. The standard InChI is InChI=1S/C31H23ClFN5O5/c32-24-6-2-5-23(27(24)33)25-13-26(43-37-25)30(40)38-12-11-21-20(18-14-34-16-35-15-18)3-1-4-22(21)28(38)29(39)36-19-9-7-17(8-10-19)31(41)42/h1-10,14-16,26,28H,11-13H2,(H,36,39)(H,41,42)/t26?,28-/m1/s1. The number of amides is 2. The summed E-state index contributed by atoms with van der Waals surface area (Å²) in [5, 5.41) is 15.9. The molecule has 1 aromatic heterocycles. The minimum atomic E-state index is -1.09. The van der Waals surface area contributed by atoms with Gasteiger partial charge in [-0.3, -0.25) is 9.59 Å². The smallest absolute Gasteiger partial charge is 0.335 e. The second kappa shape index (κ2) is 11.6. The Kier molecular flexibility index (Phi) is 7.56. The number of fused-ring (bicyclic) bond motifs is 1. The predicted molar refractivity (Wildman–Crippen MR) is 155 cm³/mol. The number of carboxylic acid groups (broad SMARTS) is 1. The third-order valence-electron chi connectivity index (χ3n) is 7.43. The normalized spacial score (nSPS) is 17.4. The number of hydrogen-bond donors (Lipinski definition) is 2. The number of benzene rings is 3. The second-order valence-corrected chi connectivity index (χ2v) is 10.4. The lowest BCUT2D eigenvalue weighted by Gasteiger charge is -2.38. The van der Waals surface area contributed by atoms with Gasteiger partial charge in [0.15, 0.2) is 5.82 Å². The second-order valence-electron chi connectivity index (χ2n) is 9.99. The molecule has 6 rings (SSSR count). The molecule has 2 aliphatic heterocycles. The first-order valence-corrected chi connectivity index (χ1v) is 13.7. The summed E-state index contributed by atoms with van der Waals surface area (Å²) in [6.07, 6.45) is 4.14. The molecule has 43 heavy (non-hydrogen) atoms. The SMILES string of the molecule is O=C(O)c1ccc(NC(=O)[C@H]2c3cccc(-c4cncnc4)c3CCN2C(=O)C2CC(c3cccc(Cl)c3F)=NO2)cc1. The van der Waals surface area contributed by atoms with Crippen LogP contribution >= 0.6 is 11.6 Å². The van der Waals surface area contributed by atoms with Crippen LogP contribution in [-0.2, 0) is 20.8 Å². The highest BCUT2D eigenvalue weighted by Gasteiger charge is 2.42. The summed E-state index contributed by atoms with van der Waals surface area (Å²) in [5.74, 6) is -2.74. The summed E-state index contributed by atoms with van der Waals surface area (Å²) in [4.78, 5) is 54.3. The van der Waals surface area contributed by atoms with E-state index < -0.39 is 35.7 Å². The summed E-state index contributed by atoms with van der Waals surface area (Å²) in [6.45, 7) is 0.188. The van der Waals surface area contributed by atoms with E-state index in [1.165, 1.54) is 47.6 Å². The third-order valence-corrected chi connectivity index (χ3v) is 7.72. The van der Waals surface area contributed by atoms with Gasteiger partial charge in [-0.1, -0.05) is 41.0 Å². The highest BCUT2D eigenvalue weighted by atomic mass is 35.5. The number of carboxylic acids is 1. The molecule has 216 valence electrons. The van der Waals surface area contributed by atoms with E-state index >= 15 is 0 Å². The average Bonchev–Trinajstić information content (AvgIpc) is 3.52. The van der Waals surface area contributed by atoms with E-state index in [1.807, 2.05) is 6.07 Å². The minimum Gasteiger partial charge on any atom is -0.478 e. The molecule has 4 aromatic rings. The molecule has 1 unspecified atom stereocenters. The zero-order chi connectivity index (χ0) is 30.1. The number of hydrogen-bond acceptors (Lipinski definition) is 7. The van der Waals surface area contributed by atoms with Gasteiger partial charge in [-0.05, 0) is 59.5 Å². The summed E-state index contributed by atoms with van der Waals surface area (Å²) < 4.78 is 14.7. The molecule has 0 saturated carbocycles. The Balaban J connectivity index is 1.32. The highest BCUT2D eigenvalue weighted by molar-refractivity contribution is 6.31. The quantitative estimate of drug-likeness (QED) is 0.322. The van der Waals surface area contributed by atoms with Gasteiger partial charge in [-0.25, -0.2) is 19.2 Å². The van der Waals surface area contributed by atoms with Crippen LogP contribution in [0.25, 0.3) is 11.1 Å². The van der Waals surface area contributed by atoms with Crippen molar-refractivity contribution in [2.75, 3.05) is 11.9 Å². The molecule has 2 amide bonds. The van der Waals surface area contributed by atoms with Gasteiger partial charge in [0.25, 0.3) is 11.8 Å². The van der Waals surface area contributed by atoms with Crippen molar-refractivity contribution in [3.63, 3.8) is 0 Å². The average molecular weight is 600 g/mol. The van der Waals surface area contributed by atoms with E-state index in [1.54, 1.807) is 30.6 Å². The number of carbonyl (C=O) groups excluding carboxylic acids is 2. The summed E-state index contributed by atoms with van der Waals surface area (Å²) >= 11 is 5.94. The molecule has 3 aromatic carbocycles. The van der Waals surface area contributed by atoms with Crippen LogP contribution in [0.3, 0.4) is 0 Å². The van der Waals surface area contributed by atoms with Crippen molar-refractivity contribution in [1.82, 2.24) is 14.9 Å². The molecule has 2 aliphatic rings. The summed E-state index contributed by atoms with van der Waals surface area (Å²) in [7, 11) is 0. The van der Waals surface area contributed by atoms with Crippen LogP contribution < -0.4 is 5.32 Å². The third kappa shape index (κ3) is 5.42. The summed E-state index contributed by atoms with van der Waals surface area (Å²) in [6, 6.07) is 14.7. The molecule has 2 N–H and O–H groups in total. The number of oxime groups is 1. The molecule has 2 atom stereocenters. The Morgan fingerprint density at radius 3 is 2.47 bits per heavy atom. The predicted octanol–water partition coefficient (Wildman–Crippen LogP) is 4.89. The van der Waals surface area contributed by atoms with Gasteiger partial charge in [-0.15, -0.1) is 0 Å². The Hall–Kier alpha value is -5.16. The van der Waals surface area contributed by atoms with E-state index in [0.29, 0.717) is 17.7 Å². The molecule has 0 radical (unpaired) electrons. The number of anilines is 1. The molecular weight excluding hydrogens is 577 g/mol. The Morgan fingerprint density at radius 2 is 1.72 bits per heavy atom. The number of rotatable bonds is 6. The van der Waals surface area contributed by atoms with Crippen LogP contribution in [0.1, 0.15) is 39.5 Å². The lowest BCUT2D eigenvalue weighted by Crippen LogP contribution is -2.49. The zero-order valence-corrected chi connectivity index (χ0v) is 23.2. The van der Waals surface area contributed by atoms with Crippen molar-refractivity contribution < 1.29 is 28.7 Å². The first-order chi connectivity index (χ1) is 20.8. The van der Waals surface area contributed by atoms with Gasteiger partial charge in [0.2, 0.25) is 6.10 Å². The molecular formula is C31H23ClFN5O5. The number of nitrogens with one attached hydrogen (secondary N) is 1. The Labute approximate surface area is 249 Å². The van der Waals surface area contributed by atoms with Crippen molar-refractivity contribution in [2.45, 2.75) is 25.0 Å². The molecule has 0 bridgehead atoms. The van der Waals surface area contributed by atoms with Gasteiger partial charge >= 0.3 is 5.97 Å². The van der Waals surface area contributed by atoms with Crippen LogP contribution in [0.2, 0.25) is 5.02 Å². The lowest BCUT2D eigenvalue weighted by atomic mass is 9.86. The number of carbonyl (C=O) groups is 3. The van der Waals surface area contributed by atoms with Gasteiger partial charge in [0.05, 0.1) is 16.3 Å². The molecule has 0 spiro atoms. The fourth-order valence-corrected chi connectivity index (χ4v) is 5.56. The van der Waals surface area contributed by atoms with E-state index in [0.717, 1.165) is 16.7 Å². The summed E-state index contributed by atoms with van der Waals surface area (Å²) in [5.41, 5.74) is 3.89. The van der Waals surface area contributed by atoms with Crippen molar-refractivity contribution in [3.8, 4) is 11.1 Å². The first kappa shape index (κ1) is 28.0. The minimum absolute atomic E-state index is 0.00810. The van der Waals surface area contributed by atoms with Crippen LogP contribution in [0.15, 0.2) is 84.5 Å². The van der Waals surface area contributed by atoms with Crippen molar-refractivity contribution in [3.05, 3.63) is 112 Å². The maximum atomic E-state index is 14.7. The lowest BCUT2D eigenvalue weighted by molar-refractivity contribution is -0.148. The van der Waals surface area contributed by atoms with E-state index in [9.17, 15) is 23.9 Å². The van der Waals surface area contributed by atoms with Crippen molar-refractivity contribution >= 4 is 40.8 Å². The van der Waals surface area contributed by atoms with Crippen LogP contribution in [0.4, 0.5) is 10.1 Å². The van der Waals surface area contributed by atoms with Gasteiger partial charge in [0.1, 0.15) is 12.4 Å². The van der Waals surface area contributed by atoms with Crippen LogP contribution in [-0.4, -0.2) is 56.1 Å². The fraction of sp³-hybridized carbons (Fsp3) is 0.161. The van der Waals surface area contributed by atoms with Gasteiger partial charge in [-0.2, -0.15) is 0 Å². The number of halogens is 2. The van der Waals surface area contributed by atoms with E-state index in [2.05, 4.69) is 20.4 Å². The molecule has 3 heterocycles. The van der Waals surface area contributed by atoms with Crippen molar-refractivity contribution in [1.29, 1.82) is 0 Å². The maximum Gasteiger partial charge on any atom is 0.335 e. The van der Waals surface area contributed by atoms with Gasteiger partial charge < -0.3 is 20.2 Å². The van der Waals surface area contributed by atoms with Crippen LogP contribution in [0.5, 0.6) is 0 Å². The van der Waals surface area contributed by atoms with E-state index in [-0.39, 0.29) is 34.8 Å². The molecule has 0 fully saturated rings. The fourth-order valence-electron chi connectivity index (χ4n) is 5.39. The number of aromatic nitrogens is 2. The monoisotopic (exact) mass is 599 g/mol. The van der Waals surface area contributed by atoms with Crippen molar-refractivity contribution in [2.24, 2.45) is 5.16 Å². The Bertz CT molecular complexity index is 1770. The molecule has 10 nitrogen and oxygen atoms in total. The zero-order valence-electron chi connectivity index (χ0n) is 22.4. The topological polar surface area (TPSA) is 134 Å². The Morgan fingerprint density at radius 1 is 1.00 bits per heavy atom. The maximum absolute atomic E-state index is 14.7. The van der Waals surface area contributed by atoms with Gasteiger partial charge in [0, 0.05) is 42.2 Å². The number of nitrogens with zero attached hydrogens (tertiary/aromatic N) is 4. The largest absolute Gasteiger partial charge is 0.478 e. The highest BCUT2D eigenvalue weighted by Crippen LogP contribution is 2.38. The van der Waals surface area contributed by atoms with Crippen LogP contribution in [0, 0.1) is 5.82 Å². The first-order valence-electron chi connectivity index (χ1n) is 13.3.